The van der Waals surface area contributed by atoms with Gasteiger partial charge >= 0.3 is 0 Å². The molecule has 0 fully saturated rings. The lowest BCUT2D eigenvalue weighted by atomic mass is 10.1. The first-order chi connectivity index (χ1) is 11.4. The fourth-order valence-corrected chi connectivity index (χ4v) is 3.45. The number of rotatable bonds is 4. The zero-order valence-electron chi connectivity index (χ0n) is 13.2. The second-order valence-electron chi connectivity index (χ2n) is 5.60. The van der Waals surface area contributed by atoms with Crippen molar-refractivity contribution < 1.29 is 9.72 Å². The van der Waals surface area contributed by atoms with Crippen molar-refractivity contribution in [1.82, 2.24) is 4.98 Å². The number of nitrogens with zero attached hydrogens (tertiary/aromatic N) is 2. The zero-order chi connectivity index (χ0) is 17.3. The standard InChI is InChI=1S/C17H15N3O3S/c1-10-7-11(2)16-14(8-10)18-17(24-16)19-15(21)9-12-3-5-13(6-4-12)20(22)23/h3-8H,9H2,1-2H3,(H,18,19,21). The zero-order valence-corrected chi connectivity index (χ0v) is 14.0. The third kappa shape index (κ3) is 3.41. The molecule has 6 nitrogen and oxygen atoms in total. The lowest BCUT2D eigenvalue weighted by Crippen LogP contribution is -2.14. The number of hydrogen-bond donors (Lipinski definition) is 1. The van der Waals surface area contributed by atoms with Crippen LogP contribution in [0, 0.1) is 24.0 Å². The van der Waals surface area contributed by atoms with Crippen LogP contribution in [0.5, 0.6) is 0 Å². The van der Waals surface area contributed by atoms with Crippen LogP contribution in [0.4, 0.5) is 10.8 Å². The van der Waals surface area contributed by atoms with Gasteiger partial charge in [0.15, 0.2) is 5.13 Å². The Morgan fingerprint density at radius 2 is 1.96 bits per heavy atom. The summed E-state index contributed by atoms with van der Waals surface area (Å²) in [6.07, 6.45) is 0.145. The molecule has 3 aromatic rings. The molecule has 0 aliphatic rings. The Morgan fingerprint density at radius 1 is 1.25 bits per heavy atom. The van der Waals surface area contributed by atoms with E-state index in [1.165, 1.54) is 23.5 Å². The normalized spacial score (nSPS) is 10.8. The first-order valence-electron chi connectivity index (χ1n) is 7.33. The molecule has 1 N–H and O–H groups in total. The number of amides is 1. The SMILES string of the molecule is Cc1cc(C)c2sc(NC(=O)Cc3ccc([N+](=O)[O-])cc3)nc2c1. The van der Waals surface area contributed by atoms with Gasteiger partial charge in [-0.05, 0) is 36.6 Å². The minimum atomic E-state index is -0.463. The quantitative estimate of drug-likeness (QED) is 0.574. The van der Waals surface area contributed by atoms with E-state index in [4.69, 9.17) is 0 Å². The fraction of sp³-hybridized carbons (Fsp3) is 0.176. The number of hydrogen-bond acceptors (Lipinski definition) is 5. The van der Waals surface area contributed by atoms with Gasteiger partial charge in [-0.1, -0.05) is 29.5 Å². The molecule has 0 atom stereocenters. The lowest BCUT2D eigenvalue weighted by Gasteiger charge is -2.01. The average Bonchev–Trinajstić information content (AvgIpc) is 2.90. The van der Waals surface area contributed by atoms with Crippen molar-refractivity contribution in [2.45, 2.75) is 20.3 Å². The van der Waals surface area contributed by atoms with Crippen LogP contribution >= 0.6 is 11.3 Å². The highest BCUT2D eigenvalue weighted by Crippen LogP contribution is 2.29. The number of thiazole rings is 1. The minimum absolute atomic E-state index is 0.0103. The van der Waals surface area contributed by atoms with E-state index < -0.39 is 4.92 Å². The number of carbonyl (C=O) groups excluding carboxylic acids is 1. The summed E-state index contributed by atoms with van der Waals surface area (Å²) in [6.45, 7) is 4.04. The summed E-state index contributed by atoms with van der Waals surface area (Å²) in [5.74, 6) is -0.197. The van der Waals surface area contributed by atoms with Crippen LogP contribution < -0.4 is 5.32 Å². The summed E-state index contributed by atoms with van der Waals surface area (Å²) >= 11 is 1.45. The Balaban J connectivity index is 1.72. The molecule has 1 amide bonds. The molecule has 1 heterocycles. The monoisotopic (exact) mass is 341 g/mol. The fourth-order valence-electron chi connectivity index (χ4n) is 2.51. The van der Waals surface area contributed by atoms with E-state index in [1.54, 1.807) is 12.1 Å². The van der Waals surface area contributed by atoms with Gasteiger partial charge in [-0.3, -0.25) is 14.9 Å². The molecule has 0 aliphatic heterocycles. The number of nitrogens with one attached hydrogen (secondary N) is 1. The smallest absolute Gasteiger partial charge is 0.269 e. The first-order valence-corrected chi connectivity index (χ1v) is 8.15. The second-order valence-corrected chi connectivity index (χ2v) is 6.60. The van der Waals surface area contributed by atoms with Gasteiger partial charge in [0.2, 0.25) is 5.91 Å². The number of aryl methyl sites for hydroxylation is 2. The molecule has 0 radical (unpaired) electrons. The van der Waals surface area contributed by atoms with Crippen molar-refractivity contribution in [2.24, 2.45) is 0 Å². The number of non-ortho nitro benzene ring substituents is 1. The van der Waals surface area contributed by atoms with Gasteiger partial charge in [0.25, 0.3) is 5.69 Å². The van der Waals surface area contributed by atoms with Crippen molar-refractivity contribution in [2.75, 3.05) is 5.32 Å². The molecule has 122 valence electrons. The topological polar surface area (TPSA) is 85.1 Å². The van der Waals surface area contributed by atoms with Crippen molar-refractivity contribution in [3.8, 4) is 0 Å². The molecule has 2 aromatic carbocycles. The van der Waals surface area contributed by atoms with Crippen LogP contribution in [0.15, 0.2) is 36.4 Å². The van der Waals surface area contributed by atoms with E-state index in [9.17, 15) is 14.9 Å². The molecule has 24 heavy (non-hydrogen) atoms. The summed E-state index contributed by atoms with van der Waals surface area (Å²) in [7, 11) is 0. The van der Waals surface area contributed by atoms with Gasteiger partial charge in [0, 0.05) is 12.1 Å². The van der Waals surface area contributed by atoms with Gasteiger partial charge in [0.1, 0.15) is 0 Å². The summed E-state index contributed by atoms with van der Waals surface area (Å²) in [5.41, 5.74) is 3.87. The third-order valence-corrected chi connectivity index (χ3v) is 4.70. The predicted octanol–water partition coefficient (Wildman–Crippen LogP) is 4.00. The maximum Gasteiger partial charge on any atom is 0.269 e. The van der Waals surface area contributed by atoms with Crippen molar-refractivity contribution >= 4 is 38.3 Å². The molecular formula is C17H15N3O3S. The van der Waals surface area contributed by atoms with Crippen molar-refractivity contribution in [3.63, 3.8) is 0 Å². The highest BCUT2D eigenvalue weighted by Gasteiger charge is 2.11. The Kier molecular flexibility index (Phi) is 4.26. The van der Waals surface area contributed by atoms with Crippen molar-refractivity contribution in [3.05, 3.63) is 63.2 Å². The molecule has 7 heteroatoms. The second kappa shape index (κ2) is 6.37. The third-order valence-electron chi connectivity index (χ3n) is 3.58. The van der Waals surface area contributed by atoms with E-state index in [0.29, 0.717) is 10.7 Å². The molecule has 1 aromatic heterocycles. The summed E-state index contributed by atoms with van der Waals surface area (Å²) in [5, 5.41) is 14.0. The predicted molar refractivity (Wildman–Crippen MR) is 94.5 cm³/mol. The van der Waals surface area contributed by atoms with E-state index in [1.807, 2.05) is 19.9 Å². The number of anilines is 1. The Labute approximate surface area is 142 Å². The molecule has 0 spiro atoms. The molecule has 0 bridgehead atoms. The molecule has 0 aliphatic carbocycles. The van der Waals surface area contributed by atoms with E-state index >= 15 is 0 Å². The summed E-state index contributed by atoms with van der Waals surface area (Å²) in [6, 6.07) is 10.0. The maximum absolute atomic E-state index is 12.2. The highest BCUT2D eigenvalue weighted by atomic mass is 32.1. The Hall–Kier alpha value is -2.80. The van der Waals surface area contributed by atoms with Crippen LogP contribution in [-0.2, 0) is 11.2 Å². The van der Waals surface area contributed by atoms with Crippen LogP contribution in [0.25, 0.3) is 10.2 Å². The van der Waals surface area contributed by atoms with Gasteiger partial charge in [0.05, 0.1) is 21.6 Å². The molecular weight excluding hydrogens is 326 g/mol. The summed E-state index contributed by atoms with van der Waals surface area (Å²) in [4.78, 5) is 26.8. The molecule has 3 rings (SSSR count). The number of nitro groups is 1. The molecule has 0 unspecified atom stereocenters. The number of aromatic nitrogens is 1. The maximum atomic E-state index is 12.2. The highest BCUT2D eigenvalue weighted by molar-refractivity contribution is 7.22. The number of nitro benzene ring substituents is 1. The van der Waals surface area contributed by atoms with Crippen LogP contribution in [0.1, 0.15) is 16.7 Å². The Bertz CT molecular complexity index is 932. The lowest BCUT2D eigenvalue weighted by molar-refractivity contribution is -0.384. The van der Waals surface area contributed by atoms with E-state index in [2.05, 4.69) is 16.4 Å². The van der Waals surface area contributed by atoms with Gasteiger partial charge in [-0.15, -0.1) is 0 Å². The van der Waals surface area contributed by atoms with Gasteiger partial charge < -0.3 is 5.32 Å². The first kappa shape index (κ1) is 16.1. The number of carbonyl (C=O) groups is 1. The van der Waals surface area contributed by atoms with Gasteiger partial charge in [-0.2, -0.15) is 0 Å². The van der Waals surface area contributed by atoms with E-state index in [0.717, 1.165) is 21.3 Å². The van der Waals surface area contributed by atoms with E-state index in [-0.39, 0.29) is 18.0 Å². The number of benzene rings is 2. The van der Waals surface area contributed by atoms with Crippen LogP contribution in [-0.4, -0.2) is 15.8 Å². The molecule has 0 saturated carbocycles. The molecule has 0 saturated heterocycles. The Morgan fingerprint density at radius 3 is 2.62 bits per heavy atom. The largest absolute Gasteiger partial charge is 0.302 e. The number of fused-ring (bicyclic) bond motifs is 1. The van der Waals surface area contributed by atoms with Crippen LogP contribution in [0.2, 0.25) is 0 Å². The average molecular weight is 341 g/mol. The minimum Gasteiger partial charge on any atom is -0.302 e. The summed E-state index contributed by atoms with van der Waals surface area (Å²) < 4.78 is 1.06. The van der Waals surface area contributed by atoms with Gasteiger partial charge in [-0.25, -0.2) is 4.98 Å². The van der Waals surface area contributed by atoms with Crippen LogP contribution in [0.3, 0.4) is 0 Å². The van der Waals surface area contributed by atoms with Crippen molar-refractivity contribution in [1.29, 1.82) is 0 Å².